The van der Waals surface area contributed by atoms with Gasteiger partial charge in [-0.25, -0.2) is 9.97 Å². The van der Waals surface area contributed by atoms with Crippen molar-refractivity contribution in [3.8, 4) is 11.5 Å². The molecule has 0 atom stereocenters. The molecule has 4 heteroatoms. The van der Waals surface area contributed by atoms with Gasteiger partial charge in [-0.2, -0.15) is 0 Å². The summed E-state index contributed by atoms with van der Waals surface area (Å²) in [5.74, 6) is 0.654. The van der Waals surface area contributed by atoms with Gasteiger partial charge in [0.25, 0.3) is 0 Å². The van der Waals surface area contributed by atoms with E-state index in [4.69, 9.17) is 16.0 Å². The summed E-state index contributed by atoms with van der Waals surface area (Å²) in [4.78, 5) is 8.75. The molecule has 0 aliphatic carbocycles. The van der Waals surface area contributed by atoms with Crippen molar-refractivity contribution in [2.24, 2.45) is 0 Å². The number of nitrogens with zero attached hydrogens (tertiary/aromatic N) is 2. The first-order chi connectivity index (χ1) is 9.04. The van der Waals surface area contributed by atoms with Gasteiger partial charge in [0.05, 0.1) is 11.4 Å². The molecule has 0 N–H and O–H groups in total. The molecule has 3 aromatic rings. The first-order valence-electron chi connectivity index (χ1n) is 6.06. The van der Waals surface area contributed by atoms with Crippen LogP contribution >= 0.6 is 11.6 Å². The Kier molecular flexibility index (Phi) is 2.79. The highest BCUT2D eigenvalue weighted by Crippen LogP contribution is 2.31. The van der Waals surface area contributed by atoms with Gasteiger partial charge < -0.3 is 4.42 Å². The summed E-state index contributed by atoms with van der Waals surface area (Å²) in [5, 5.41) is 1.42. The van der Waals surface area contributed by atoms with Gasteiger partial charge in [0.15, 0.2) is 10.9 Å². The number of halogens is 1. The number of aromatic nitrogens is 2. The Morgan fingerprint density at radius 1 is 1.00 bits per heavy atom. The molecular weight excluding hydrogens is 260 g/mol. The van der Waals surface area contributed by atoms with Gasteiger partial charge in [-0.05, 0) is 39.0 Å². The standard InChI is InChI=1S/C15H13ClN2O/c1-8-4-5-12-11(6-8)7-13(19-12)14-15(16)18-10(3)9(2)17-14/h4-7H,1-3H3. The van der Waals surface area contributed by atoms with Gasteiger partial charge in [0, 0.05) is 5.39 Å². The van der Waals surface area contributed by atoms with Crippen molar-refractivity contribution in [3.63, 3.8) is 0 Å². The second-order valence-corrected chi connectivity index (χ2v) is 5.04. The fourth-order valence-corrected chi connectivity index (χ4v) is 2.27. The minimum Gasteiger partial charge on any atom is -0.454 e. The molecule has 0 aliphatic heterocycles. The van der Waals surface area contributed by atoms with E-state index in [2.05, 4.69) is 23.0 Å². The molecule has 2 heterocycles. The number of rotatable bonds is 1. The maximum atomic E-state index is 6.16. The van der Waals surface area contributed by atoms with Crippen LogP contribution in [0, 0.1) is 20.8 Å². The Hall–Kier alpha value is -1.87. The topological polar surface area (TPSA) is 38.9 Å². The van der Waals surface area contributed by atoms with E-state index in [1.165, 1.54) is 5.56 Å². The van der Waals surface area contributed by atoms with Gasteiger partial charge in [-0.1, -0.05) is 23.2 Å². The third-order valence-electron chi connectivity index (χ3n) is 3.17. The lowest BCUT2D eigenvalue weighted by Crippen LogP contribution is -1.95. The average molecular weight is 273 g/mol. The number of furan rings is 1. The lowest BCUT2D eigenvalue weighted by molar-refractivity contribution is 0.627. The van der Waals surface area contributed by atoms with Gasteiger partial charge in [0.2, 0.25) is 0 Å². The molecule has 0 bridgehead atoms. The lowest BCUT2D eigenvalue weighted by atomic mass is 10.2. The number of hydrogen-bond acceptors (Lipinski definition) is 3. The van der Waals surface area contributed by atoms with Gasteiger partial charge in [-0.3, -0.25) is 0 Å². The number of benzene rings is 1. The van der Waals surface area contributed by atoms with Gasteiger partial charge >= 0.3 is 0 Å². The molecular formula is C15H13ClN2O. The van der Waals surface area contributed by atoms with Crippen LogP contribution in [0.3, 0.4) is 0 Å². The summed E-state index contributed by atoms with van der Waals surface area (Å²) in [6.07, 6.45) is 0. The molecule has 2 aromatic heterocycles. The van der Waals surface area contributed by atoms with Crippen molar-refractivity contribution in [3.05, 3.63) is 46.4 Å². The molecule has 0 saturated heterocycles. The van der Waals surface area contributed by atoms with Crippen molar-refractivity contribution < 1.29 is 4.42 Å². The number of fused-ring (bicyclic) bond motifs is 1. The highest BCUT2D eigenvalue weighted by atomic mass is 35.5. The molecule has 3 rings (SSSR count). The summed E-state index contributed by atoms with van der Waals surface area (Å²) in [6, 6.07) is 8.00. The zero-order valence-corrected chi connectivity index (χ0v) is 11.7. The summed E-state index contributed by atoms with van der Waals surface area (Å²) < 4.78 is 5.80. The Morgan fingerprint density at radius 2 is 1.74 bits per heavy atom. The minimum absolute atomic E-state index is 0.374. The first kappa shape index (κ1) is 12.2. The first-order valence-corrected chi connectivity index (χ1v) is 6.44. The van der Waals surface area contributed by atoms with E-state index in [0.29, 0.717) is 16.6 Å². The van der Waals surface area contributed by atoms with E-state index in [-0.39, 0.29) is 0 Å². The van der Waals surface area contributed by atoms with Crippen LogP contribution in [0.4, 0.5) is 0 Å². The van der Waals surface area contributed by atoms with Crippen molar-refractivity contribution in [1.82, 2.24) is 9.97 Å². The third-order valence-corrected chi connectivity index (χ3v) is 3.43. The summed E-state index contributed by atoms with van der Waals surface area (Å²) in [6.45, 7) is 5.85. The average Bonchev–Trinajstić information content (AvgIpc) is 2.76. The van der Waals surface area contributed by atoms with E-state index >= 15 is 0 Å². The van der Waals surface area contributed by atoms with E-state index in [0.717, 1.165) is 22.4 Å². The Morgan fingerprint density at radius 3 is 2.53 bits per heavy atom. The fourth-order valence-electron chi connectivity index (χ4n) is 2.01. The molecule has 0 spiro atoms. The Balaban J connectivity index is 2.21. The van der Waals surface area contributed by atoms with Gasteiger partial charge in [0.1, 0.15) is 11.3 Å². The molecule has 0 amide bonds. The molecule has 0 aliphatic rings. The fraction of sp³-hybridized carbons (Fsp3) is 0.200. The van der Waals surface area contributed by atoms with Crippen molar-refractivity contribution in [1.29, 1.82) is 0 Å². The maximum absolute atomic E-state index is 6.16. The van der Waals surface area contributed by atoms with Crippen molar-refractivity contribution in [2.75, 3.05) is 0 Å². The molecule has 3 nitrogen and oxygen atoms in total. The monoisotopic (exact) mass is 272 g/mol. The molecule has 1 aromatic carbocycles. The van der Waals surface area contributed by atoms with Crippen molar-refractivity contribution in [2.45, 2.75) is 20.8 Å². The summed E-state index contributed by atoms with van der Waals surface area (Å²) in [7, 11) is 0. The van der Waals surface area contributed by atoms with Crippen LogP contribution in [0.25, 0.3) is 22.4 Å². The van der Waals surface area contributed by atoms with E-state index in [1.54, 1.807) is 0 Å². The summed E-state index contributed by atoms with van der Waals surface area (Å²) >= 11 is 6.16. The predicted molar refractivity (Wildman–Crippen MR) is 76.5 cm³/mol. The quantitative estimate of drug-likeness (QED) is 0.656. The molecule has 96 valence electrons. The molecule has 19 heavy (non-hydrogen) atoms. The largest absolute Gasteiger partial charge is 0.454 e. The second-order valence-electron chi connectivity index (χ2n) is 4.69. The van der Waals surface area contributed by atoms with Crippen LogP contribution in [-0.4, -0.2) is 9.97 Å². The SMILES string of the molecule is Cc1ccc2oc(-c3nc(C)c(C)nc3Cl)cc2c1. The molecule has 0 fully saturated rings. The Bertz CT molecular complexity index is 777. The van der Waals surface area contributed by atoms with Crippen LogP contribution in [0.15, 0.2) is 28.7 Å². The number of aryl methyl sites for hydroxylation is 3. The van der Waals surface area contributed by atoms with Crippen molar-refractivity contribution >= 4 is 22.6 Å². The van der Waals surface area contributed by atoms with Gasteiger partial charge in [-0.15, -0.1) is 0 Å². The molecule has 0 radical (unpaired) electrons. The maximum Gasteiger partial charge on any atom is 0.158 e. The van der Waals surface area contributed by atoms with E-state index in [9.17, 15) is 0 Å². The predicted octanol–water partition coefficient (Wildman–Crippen LogP) is 4.47. The zero-order valence-electron chi connectivity index (χ0n) is 11.0. The summed E-state index contributed by atoms with van der Waals surface area (Å²) in [5.41, 5.74) is 4.31. The van der Waals surface area contributed by atoms with Crippen LogP contribution < -0.4 is 0 Å². The number of hydrogen-bond donors (Lipinski definition) is 0. The highest BCUT2D eigenvalue weighted by molar-refractivity contribution is 6.31. The van der Waals surface area contributed by atoms with E-state index in [1.807, 2.05) is 32.0 Å². The van der Waals surface area contributed by atoms with Crippen LogP contribution in [0.5, 0.6) is 0 Å². The van der Waals surface area contributed by atoms with Crippen LogP contribution in [0.2, 0.25) is 5.15 Å². The minimum atomic E-state index is 0.374. The highest BCUT2D eigenvalue weighted by Gasteiger charge is 2.14. The molecule has 0 saturated carbocycles. The third kappa shape index (κ3) is 2.10. The Labute approximate surface area is 116 Å². The second kappa shape index (κ2) is 4.35. The normalized spacial score (nSPS) is 11.2. The lowest BCUT2D eigenvalue weighted by Gasteiger charge is -2.03. The smallest absolute Gasteiger partial charge is 0.158 e. The zero-order chi connectivity index (χ0) is 13.6. The van der Waals surface area contributed by atoms with E-state index < -0.39 is 0 Å². The molecule has 0 unspecified atom stereocenters. The van der Waals surface area contributed by atoms with Crippen LogP contribution in [-0.2, 0) is 0 Å². The van der Waals surface area contributed by atoms with Crippen LogP contribution in [0.1, 0.15) is 17.0 Å².